The SMILES string of the molecule is CCCCN1C(=O)C(C)NC1c1ccc(OC)c(F)c1. The molecule has 0 aliphatic carbocycles. The highest BCUT2D eigenvalue weighted by molar-refractivity contribution is 5.84. The van der Waals surface area contributed by atoms with E-state index < -0.39 is 5.82 Å². The number of amides is 1. The predicted octanol–water partition coefficient (Wildman–Crippen LogP) is 2.45. The molecule has 1 N–H and O–H groups in total. The molecule has 1 amide bonds. The van der Waals surface area contributed by atoms with Crippen LogP contribution in [0.5, 0.6) is 5.75 Å². The Kier molecular flexibility index (Phi) is 4.60. The van der Waals surface area contributed by atoms with Crippen molar-refractivity contribution >= 4 is 5.91 Å². The summed E-state index contributed by atoms with van der Waals surface area (Å²) < 4.78 is 18.7. The van der Waals surface area contributed by atoms with E-state index in [2.05, 4.69) is 12.2 Å². The summed E-state index contributed by atoms with van der Waals surface area (Å²) in [7, 11) is 1.44. The van der Waals surface area contributed by atoms with Gasteiger partial charge in [-0.15, -0.1) is 0 Å². The number of rotatable bonds is 5. The maximum absolute atomic E-state index is 13.8. The second-order valence-corrected chi connectivity index (χ2v) is 5.07. The third-order valence-electron chi connectivity index (χ3n) is 3.62. The maximum Gasteiger partial charge on any atom is 0.241 e. The molecule has 5 heteroatoms. The number of methoxy groups -OCH3 is 1. The molecule has 2 atom stereocenters. The number of nitrogens with one attached hydrogen (secondary N) is 1. The third kappa shape index (κ3) is 2.77. The first kappa shape index (κ1) is 14.8. The number of unbranched alkanes of at least 4 members (excludes halogenated alkanes) is 1. The van der Waals surface area contributed by atoms with E-state index in [9.17, 15) is 9.18 Å². The molecule has 0 saturated carbocycles. The van der Waals surface area contributed by atoms with Crippen molar-refractivity contribution < 1.29 is 13.9 Å². The monoisotopic (exact) mass is 280 g/mol. The zero-order valence-electron chi connectivity index (χ0n) is 12.1. The minimum Gasteiger partial charge on any atom is -0.494 e. The van der Waals surface area contributed by atoms with Gasteiger partial charge in [-0.1, -0.05) is 19.4 Å². The van der Waals surface area contributed by atoms with Gasteiger partial charge < -0.3 is 9.64 Å². The van der Waals surface area contributed by atoms with Crippen molar-refractivity contribution in [1.82, 2.24) is 10.2 Å². The number of ether oxygens (including phenoxy) is 1. The minimum absolute atomic E-state index is 0.0691. The molecule has 1 aromatic carbocycles. The highest BCUT2D eigenvalue weighted by Crippen LogP contribution is 2.28. The van der Waals surface area contributed by atoms with E-state index >= 15 is 0 Å². The summed E-state index contributed by atoms with van der Waals surface area (Å²) in [6.45, 7) is 4.60. The second kappa shape index (κ2) is 6.22. The standard InChI is InChI=1S/C15H21FN2O2/c1-4-5-8-18-14(17-10(2)15(18)19)11-6-7-13(20-3)12(16)9-11/h6-7,9-10,14,17H,4-5,8H2,1-3H3. The number of hydrogen-bond acceptors (Lipinski definition) is 3. The summed E-state index contributed by atoms with van der Waals surface area (Å²) >= 11 is 0. The van der Waals surface area contributed by atoms with Gasteiger partial charge in [0.15, 0.2) is 11.6 Å². The van der Waals surface area contributed by atoms with Gasteiger partial charge >= 0.3 is 0 Å². The molecular weight excluding hydrogens is 259 g/mol. The highest BCUT2D eigenvalue weighted by Gasteiger charge is 2.36. The summed E-state index contributed by atoms with van der Waals surface area (Å²) in [5, 5.41) is 3.21. The van der Waals surface area contributed by atoms with E-state index in [0.717, 1.165) is 18.4 Å². The van der Waals surface area contributed by atoms with Gasteiger partial charge in [0.05, 0.1) is 13.2 Å². The van der Waals surface area contributed by atoms with Crippen LogP contribution in [-0.4, -0.2) is 30.5 Å². The van der Waals surface area contributed by atoms with Gasteiger partial charge in [0, 0.05) is 6.54 Å². The zero-order valence-corrected chi connectivity index (χ0v) is 12.1. The number of nitrogens with zero attached hydrogens (tertiary/aromatic N) is 1. The van der Waals surface area contributed by atoms with E-state index in [1.807, 2.05) is 6.92 Å². The molecule has 1 aromatic rings. The lowest BCUT2D eigenvalue weighted by Gasteiger charge is -2.24. The number of hydrogen-bond donors (Lipinski definition) is 1. The Hall–Kier alpha value is -1.62. The van der Waals surface area contributed by atoms with Crippen LogP contribution in [-0.2, 0) is 4.79 Å². The van der Waals surface area contributed by atoms with Gasteiger partial charge in [0.25, 0.3) is 0 Å². The molecule has 0 bridgehead atoms. The summed E-state index contributed by atoms with van der Waals surface area (Å²) in [6, 6.07) is 4.59. The van der Waals surface area contributed by atoms with Gasteiger partial charge in [-0.25, -0.2) is 4.39 Å². The Morgan fingerprint density at radius 2 is 2.20 bits per heavy atom. The molecule has 0 radical (unpaired) electrons. The lowest BCUT2D eigenvalue weighted by atomic mass is 10.1. The first-order chi connectivity index (χ1) is 9.58. The van der Waals surface area contributed by atoms with Crippen LogP contribution in [0, 0.1) is 5.82 Å². The van der Waals surface area contributed by atoms with E-state index in [4.69, 9.17) is 4.74 Å². The minimum atomic E-state index is -0.408. The average Bonchev–Trinajstić information content (AvgIpc) is 2.72. The van der Waals surface area contributed by atoms with Gasteiger partial charge in [-0.05, 0) is 31.0 Å². The largest absolute Gasteiger partial charge is 0.494 e. The lowest BCUT2D eigenvalue weighted by molar-refractivity contribution is -0.129. The number of carbonyl (C=O) groups excluding carboxylic acids is 1. The Labute approximate surface area is 118 Å². The van der Waals surface area contributed by atoms with Gasteiger partial charge in [-0.3, -0.25) is 10.1 Å². The van der Waals surface area contributed by atoms with E-state index in [0.29, 0.717) is 6.54 Å². The molecule has 1 aliphatic heterocycles. The maximum atomic E-state index is 13.8. The normalized spacial score (nSPS) is 22.4. The molecule has 1 heterocycles. The van der Waals surface area contributed by atoms with Gasteiger partial charge in [0.2, 0.25) is 5.91 Å². The van der Waals surface area contributed by atoms with E-state index in [-0.39, 0.29) is 23.9 Å². The highest BCUT2D eigenvalue weighted by atomic mass is 19.1. The van der Waals surface area contributed by atoms with Crippen LogP contribution in [0.25, 0.3) is 0 Å². The van der Waals surface area contributed by atoms with Crippen LogP contribution in [0.4, 0.5) is 4.39 Å². The third-order valence-corrected chi connectivity index (χ3v) is 3.62. The molecule has 2 unspecified atom stereocenters. The summed E-state index contributed by atoms with van der Waals surface area (Å²) in [5.41, 5.74) is 0.747. The topological polar surface area (TPSA) is 41.6 Å². The molecular formula is C15H21FN2O2. The molecule has 1 fully saturated rings. The van der Waals surface area contributed by atoms with Crippen LogP contribution in [0.2, 0.25) is 0 Å². The lowest BCUT2D eigenvalue weighted by Crippen LogP contribution is -2.31. The van der Waals surface area contributed by atoms with Crippen LogP contribution in [0.1, 0.15) is 38.4 Å². The Balaban J connectivity index is 2.25. The van der Waals surface area contributed by atoms with Crippen molar-refractivity contribution in [3.8, 4) is 5.75 Å². The van der Waals surface area contributed by atoms with Crippen molar-refractivity contribution in [3.05, 3.63) is 29.6 Å². The number of carbonyl (C=O) groups is 1. The van der Waals surface area contributed by atoms with Crippen molar-refractivity contribution in [2.45, 2.75) is 38.9 Å². The first-order valence-electron chi connectivity index (χ1n) is 6.98. The zero-order chi connectivity index (χ0) is 14.7. The Bertz CT molecular complexity index is 493. The fourth-order valence-electron chi connectivity index (χ4n) is 2.47. The second-order valence-electron chi connectivity index (χ2n) is 5.07. The Morgan fingerprint density at radius 3 is 2.80 bits per heavy atom. The van der Waals surface area contributed by atoms with E-state index in [1.54, 1.807) is 17.0 Å². The van der Waals surface area contributed by atoms with Crippen molar-refractivity contribution in [1.29, 1.82) is 0 Å². The number of halogens is 1. The van der Waals surface area contributed by atoms with Crippen LogP contribution < -0.4 is 10.1 Å². The molecule has 110 valence electrons. The quantitative estimate of drug-likeness (QED) is 0.901. The Morgan fingerprint density at radius 1 is 1.45 bits per heavy atom. The first-order valence-corrected chi connectivity index (χ1v) is 6.98. The molecule has 0 aromatic heterocycles. The number of benzene rings is 1. The van der Waals surface area contributed by atoms with Crippen LogP contribution in [0.3, 0.4) is 0 Å². The molecule has 1 saturated heterocycles. The molecule has 4 nitrogen and oxygen atoms in total. The van der Waals surface area contributed by atoms with Gasteiger partial charge in [0.1, 0.15) is 6.17 Å². The molecule has 2 rings (SSSR count). The predicted molar refractivity (Wildman–Crippen MR) is 74.9 cm³/mol. The van der Waals surface area contributed by atoms with Crippen molar-refractivity contribution in [3.63, 3.8) is 0 Å². The average molecular weight is 280 g/mol. The smallest absolute Gasteiger partial charge is 0.241 e. The molecule has 0 spiro atoms. The fourth-order valence-corrected chi connectivity index (χ4v) is 2.47. The van der Waals surface area contributed by atoms with Crippen molar-refractivity contribution in [2.75, 3.05) is 13.7 Å². The van der Waals surface area contributed by atoms with Crippen LogP contribution >= 0.6 is 0 Å². The summed E-state index contributed by atoms with van der Waals surface area (Å²) in [6.07, 6.45) is 1.70. The van der Waals surface area contributed by atoms with E-state index in [1.165, 1.54) is 13.2 Å². The fraction of sp³-hybridized carbons (Fsp3) is 0.533. The summed E-state index contributed by atoms with van der Waals surface area (Å²) in [5.74, 6) is -0.125. The van der Waals surface area contributed by atoms with Crippen LogP contribution in [0.15, 0.2) is 18.2 Å². The molecule has 1 aliphatic rings. The summed E-state index contributed by atoms with van der Waals surface area (Å²) in [4.78, 5) is 13.9. The van der Waals surface area contributed by atoms with Gasteiger partial charge in [-0.2, -0.15) is 0 Å². The molecule has 20 heavy (non-hydrogen) atoms. The van der Waals surface area contributed by atoms with Crippen molar-refractivity contribution in [2.24, 2.45) is 0 Å².